The van der Waals surface area contributed by atoms with Crippen LogP contribution >= 0.6 is 15.6 Å². The molecule has 0 aliphatic heterocycles. The predicted molar refractivity (Wildman–Crippen MR) is 414 cm³/mol. The van der Waals surface area contributed by atoms with Gasteiger partial charge >= 0.3 is 39.5 Å². The van der Waals surface area contributed by atoms with Gasteiger partial charge in [0.1, 0.15) is 19.3 Å². The number of ether oxygens (including phenoxy) is 4. The Morgan fingerprint density at radius 3 is 0.752 bits per heavy atom. The van der Waals surface area contributed by atoms with E-state index in [2.05, 4.69) is 41.5 Å². The number of esters is 4. The zero-order chi connectivity index (χ0) is 74.2. The van der Waals surface area contributed by atoms with Gasteiger partial charge in [-0.1, -0.05) is 382 Å². The minimum Gasteiger partial charge on any atom is -0.462 e. The number of hydrogen-bond acceptors (Lipinski definition) is 15. The maximum absolute atomic E-state index is 13.1. The fourth-order valence-electron chi connectivity index (χ4n) is 12.7. The second-order valence-corrected chi connectivity index (χ2v) is 33.1. The lowest BCUT2D eigenvalue weighted by atomic mass is 9.99. The molecule has 0 spiro atoms. The normalized spacial score (nSPS) is 14.2. The summed E-state index contributed by atoms with van der Waals surface area (Å²) in [6, 6.07) is 0. The summed E-state index contributed by atoms with van der Waals surface area (Å²) < 4.78 is 68.6. The molecule has 0 rings (SSSR count). The Kier molecular flexibility index (Phi) is 72.2. The van der Waals surface area contributed by atoms with E-state index in [0.717, 1.165) is 115 Å². The second-order valence-electron chi connectivity index (χ2n) is 30.2. The van der Waals surface area contributed by atoms with Gasteiger partial charge in [0.25, 0.3) is 0 Å². The van der Waals surface area contributed by atoms with E-state index in [1.807, 2.05) is 0 Å². The van der Waals surface area contributed by atoms with Crippen molar-refractivity contribution in [3.05, 3.63) is 0 Å². The van der Waals surface area contributed by atoms with E-state index in [-0.39, 0.29) is 25.7 Å². The smallest absolute Gasteiger partial charge is 0.462 e. The molecule has 0 aliphatic carbocycles. The van der Waals surface area contributed by atoms with Crippen molar-refractivity contribution in [2.75, 3.05) is 39.6 Å². The molecule has 3 N–H and O–H groups in total. The third-order valence-electron chi connectivity index (χ3n) is 19.6. The first-order valence-corrected chi connectivity index (χ1v) is 45.5. The summed E-state index contributed by atoms with van der Waals surface area (Å²) >= 11 is 0. The number of unbranched alkanes of at least 4 members (excludes halogenated alkanes) is 50. The molecule has 0 aromatic carbocycles. The van der Waals surface area contributed by atoms with Crippen LogP contribution in [0.3, 0.4) is 0 Å². The predicted octanol–water partition coefficient (Wildman–Crippen LogP) is 24.7. The minimum atomic E-state index is -4.96. The van der Waals surface area contributed by atoms with Crippen molar-refractivity contribution < 1.29 is 80.2 Å². The summed E-state index contributed by atoms with van der Waals surface area (Å²) in [4.78, 5) is 72.9. The van der Waals surface area contributed by atoms with E-state index in [0.29, 0.717) is 25.7 Å². The highest BCUT2D eigenvalue weighted by Crippen LogP contribution is 2.45. The number of carbonyl (C=O) groups excluding carboxylic acids is 4. The summed E-state index contributed by atoms with van der Waals surface area (Å²) in [5.74, 6) is -0.490. The second kappa shape index (κ2) is 73.6. The summed E-state index contributed by atoms with van der Waals surface area (Å²) in [5.41, 5.74) is 0. The molecule has 0 aromatic heterocycles. The Bertz CT molecular complexity index is 1940. The number of aliphatic hydroxyl groups excluding tert-OH is 1. The van der Waals surface area contributed by atoms with Crippen molar-refractivity contribution in [2.45, 2.75) is 452 Å². The van der Waals surface area contributed by atoms with Crippen LogP contribution in [0, 0.1) is 11.8 Å². The monoisotopic (exact) mass is 1480 g/mol. The molecule has 0 amide bonds. The number of hydrogen-bond donors (Lipinski definition) is 3. The van der Waals surface area contributed by atoms with Crippen LogP contribution in [0.4, 0.5) is 0 Å². The van der Waals surface area contributed by atoms with Crippen molar-refractivity contribution in [1.82, 2.24) is 0 Å². The van der Waals surface area contributed by atoms with Crippen LogP contribution in [-0.4, -0.2) is 96.7 Å². The van der Waals surface area contributed by atoms with Crippen LogP contribution < -0.4 is 0 Å². The standard InChI is InChI=1S/C82H160O17P2/c1-7-10-12-14-16-17-18-19-20-21-22-26-29-32-35-41-47-53-59-65-80(85)93-71-78(99-81(86)66-60-54-48-42-36-33-30-27-24-23-25-28-31-34-40-46-51-57-63-75(6)9-3)73-97-101(90,91)95-69-76(83)68-94-100(88,89)96-72-77(70-92-79(84)64-58-52-44-15-13-11-8-2)98-82(87)67-61-55-49-43-38-37-39-45-50-56-62-74(4)5/h74-78,83H,7-73H2,1-6H3,(H,88,89)(H,90,91)/t75?,76-,77+,78+/m0/s1. The number of rotatable bonds is 81. The average Bonchev–Trinajstić information content (AvgIpc) is 0.986. The molecule has 0 fully saturated rings. The van der Waals surface area contributed by atoms with Gasteiger partial charge in [-0.3, -0.25) is 37.3 Å². The highest BCUT2D eigenvalue weighted by Gasteiger charge is 2.30. The van der Waals surface area contributed by atoms with E-state index in [9.17, 15) is 43.2 Å². The quantitative estimate of drug-likeness (QED) is 0.0222. The van der Waals surface area contributed by atoms with Crippen molar-refractivity contribution in [3.63, 3.8) is 0 Å². The van der Waals surface area contributed by atoms with E-state index >= 15 is 0 Å². The molecule has 17 nitrogen and oxygen atoms in total. The van der Waals surface area contributed by atoms with Crippen LogP contribution in [0.15, 0.2) is 0 Å². The van der Waals surface area contributed by atoms with E-state index < -0.39 is 97.5 Å². The Labute approximate surface area is 619 Å². The van der Waals surface area contributed by atoms with Crippen LogP contribution in [0.5, 0.6) is 0 Å². The zero-order valence-electron chi connectivity index (χ0n) is 66.2. The lowest BCUT2D eigenvalue weighted by molar-refractivity contribution is -0.161. The molecule has 0 saturated heterocycles. The zero-order valence-corrected chi connectivity index (χ0v) is 68.0. The Morgan fingerprint density at radius 1 is 0.287 bits per heavy atom. The van der Waals surface area contributed by atoms with Gasteiger partial charge in [-0.25, -0.2) is 9.13 Å². The Hall–Kier alpha value is -1.94. The van der Waals surface area contributed by atoms with Gasteiger partial charge in [-0.05, 0) is 37.5 Å². The number of phosphoric acid groups is 2. The van der Waals surface area contributed by atoms with Crippen molar-refractivity contribution >= 4 is 39.5 Å². The lowest BCUT2D eigenvalue weighted by Gasteiger charge is -2.21. The summed E-state index contributed by atoms with van der Waals surface area (Å²) in [6.07, 6.45) is 64.1. The molecule has 3 unspecified atom stereocenters. The van der Waals surface area contributed by atoms with Crippen molar-refractivity contribution in [1.29, 1.82) is 0 Å². The first-order valence-electron chi connectivity index (χ1n) is 42.5. The molecule has 0 aliphatic rings. The molecule has 101 heavy (non-hydrogen) atoms. The molecule has 6 atom stereocenters. The number of phosphoric ester groups is 2. The topological polar surface area (TPSA) is 237 Å². The molecular formula is C82H160O17P2. The van der Waals surface area contributed by atoms with Crippen LogP contribution in [-0.2, 0) is 65.4 Å². The first-order chi connectivity index (χ1) is 48.9. The highest BCUT2D eigenvalue weighted by atomic mass is 31.2. The van der Waals surface area contributed by atoms with Gasteiger partial charge in [0.15, 0.2) is 12.2 Å². The van der Waals surface area contributed by atoms with Gasteiger partial charge in [-0.15, -0.1) is 0 Å². The molecule has 0 radical (unpaired) electrons. The molecule has 0 aromatic rings. The number of carbonyl (C=O) groups is 4. The average molecular weight is 1480 g/mol. The molecular weight excluding hydrogens is 1320 g/mol. The molecule has 0 heterocycles. The van der Waals surface area contributed by atoms with Gasteiger partial charge < -0.3 is 33.8 Å². The largest absolute Gasteiger partial charge is 0.472 e. The van der Waals surface area contributed by atoms with Crippen molar-refractivity contribution in [2.24, 2.45) is 11.8 Å². The van der Waals surface area contributed by atoms with E-state index in [4.69, 9.17) is 37.0 Å². The van der Waals surface area contributed by atoms with Crippen LogP contribution in [0.1, 0.15) is 433 Å². The van der Waals surface area contributed by atoms with E-state index in [1.165, 1.54) is 238 Å². The maximum atomic E-state index is 13.1. The fraction of sp³-hybridized carbons (Fsp3) is 0.951. The molecule has 19 heteroatoms. The van der Waals surface area contributed by atoms with Crippen LogP contribution in [0.25, 0.3) is 0 Å². The third-order valence-corrected chi connectivity index (χ3v) is 21.5. The Balaban J connectivity index is 5.16. The molecule has 600 valence electrons. The van der Waals surface area contributed by atoms with Gasteiger partial charge in [0.05, 0.1) is 26.4 Å². The summed E-state index contributed by atoms with van der Waals surface area (Å²) in [7, 11) is -9.91. The molecule has 0 saturated carbocycles. The summed E-state index contributed by atoms with van der Waals surface area (Å²) in [6.45, 7) is 9.65. The Morgan fingerprint density at radius 2 is 0.505 bits per heavy atom. The van der Waals surface area contributed by atoms with Crippen LogP contribution in [0.2, 0.25) is 0 Å². The minimum absolute atomic E-state index is 0.106. The summed E-state index contributed by atoms with van der Waals surface area (Å²) in [5, 5.41) is 10.6. The van der Waals surface area contributed by atoms with E-state index in [1.54, 1.807) is 0 Å². The molecule has 0 bridgehead atoms. The third kappa shape index (κ3) is 74.7. The lowest BCUT2D eigenvalue weighted by Crippen LogP contribution is -2.30. The van der Waals surface area contributed by atoms with Gasteiger partial charge in [0, 0.05) is 25.7 Å². The van der Waals surface area contributed by atoms with Gasteiger partial charge in [0.2, 0.25) is 0 Å². The van der Waals surface area contributed by atoms with Gasteiger partial charge in [-0.2, -0.15) is 0 Å². The maximum Gasteiger partial charge on any atom is 0.472 e. The highest BCUT2D eigenvalue weighted by molar-refractivity contribution is 7.47. The fourth-order valence-corrected chi connectivity index (χ4v) is 14.3. The first kappa shape index (κ1) is 99.1. The van der Waals surface area contributed by atoms with Crippen molar-refractivity contribution in [3.8, 4) is 0 Å². The SMILES string of the molecule is CCCCCCCCCCCCCCCCCCCCCC(=O)OC[C@H](COP(=O)(O)OC[C@@H](O)COP(=O)(O)OC[C@@H](COC(=O)CCCCCCCCC)OC(=O)CCCCCCCCCCCCC(C)C)OC(=O)CCCCCCCCCCCCCCCCCCCCC(C)CC. The number of aliphatic hydroxyl groups is 1.